The Labute approximate surface area is 103 Å². The Kier molecular flexibility index (Phi) is 3.87. The molecule has 1 aliphatic rings. The highest BCUT2D eigenvalue weighted by Gasteiger charge is 2.22. The predicted molar refractivity (Wildman–Crippen MR) is 70.2 cm³/mol. The molecule has 0 bridgehead atoms. The maximum absolute atomic E-state index is 4.48. The van der Waals surface area contributed by atoms with E-state index >= 15 is 0 Å². The van der Waals surface area contributed by atoms with E-state index in [9.17, 15) is 0 Å². The van der Waals surface area contributed by atoms with Crippen LogP contribution in [0.5, 0.6) is 0 Å². The topological polar surface area (TPSA) is 16.1 Å². The van der Waals surface area contributed by atoms with Gasteiger partial charge in [0.2, 0.25) is 0 Å². The molecule has 0 saturated carbocycles. The van der Waals surface area contributed by atoms with Gasteiger partial charge in [0.05, 0.1) is 0 Å². The average molecular weight is 236 g/mol. The smallest absolute Gasteiger partial charge is 0.0436 e. The van der Waals surface area contributed by atoms with E-state index in [1.165, 1.54) is 31.6 Å². The number of hydrogen-bond acceptors (Lipinski definition) is 3. The zero-order chi connectivity index (χ0) is 11.5. The van der Waals surface area contributed by atoms with Crippen LogP contribution in [0.15, 0.2) is 23.2 Å². The zero-order valence-corrected chi connectivity index (χ0v) is 11.0. The molecule has 0 spiro atoms. The van der Waals surface area contributed by atoms with Gasteiger partial charge in [0.25, 0.3) is 0 Å². The van der Waals surface area contributed by atoms with Crippen LogP contribution in [0.3, 0.4) is 0 Å². The van der Waals surface area contributed by atoms with Crippen LogP contribution in [0.2, 0.25) is 0 Å². The lowest BCUT2D eigenvalue weighted by molar-refractivity contribution is 0.171. The number of likely N-dealkylation sites (tertiary alicyclic amines) is 1. The lowest BCUT2D eigenvalue weighted by Gasteiger charge is -2.34. The lowest BCUT2D eigenvalue weighted by Crippen LogP contribution is -2.37. The van der Waals surface area contributed by atoms with Crippen molar-refractivity contribution < 1.29 is 0 Å². The minimum Gasteiger partial charge on any atom is -0.301 e. The van der Waals surface area contributed by atoms with Crippen molar-refractivity contribution in [1.29, 1.82) is 0 Å². The van der Waals surface area contributed by atoms with Gasteiger partial charge < -0.3 is 4.90 Å². The summed E-state index contributed by atoms with van der Waals surface area (Å²) in [6.45, 7) is 6.95. The Hall–Kier alpha value is -0.540. The molecule has 3 heteroatoms. The molecule has 88 valence electrons. The Morgan fingerprint density at radius 1 is 1.31 bits per heavy atom. The molecule has 0 unspecified atom stereocenters. The Bertz CT molecular complexity index is 326. The van der Waals surface area contributed by atoms with Gasteiger partial charge in [-0.25, -0.2) is 0 Å². The molecule has 1 fully saturated rings. The van der Waals surface area contributed by atoms with Crippen molar-refractivity contribution in [3.05, 3.63) is 24.0 Å². The molecular weight excluding hydrogens is 216 g/mol. The fraction of sp³-hybridized carbons (Fsp3) is 0.615. The highest BCUT2D eigenvalue weighted by molar-refractivity contribution is 7.80. The zero-order valence-electron chi connectivity index (χ0n) is 10.1. The van der Waals surface area contributed by atoms with E-state index in [4.69, 9.17) is 0 Å². The highest BCUT2D eigenvalue weighted by atomic mass is 32.1. The SMILES string of the molecule is CC(C)N1CCC(c2ccc(S)cn2)CC1. The fourth-order valence-electron chi connectivity index (χ4n) is 2.35. The van der Waals surface area contributed by atoms with Gasteiger partial charge in [0.15, 0.2) is 0 Å². The molecule has 1 aromatic rings. The average Bonchev–Trinajstić information content (AvgIpc) is 2.30. The quantitative estimate of drug-likeness (QED) is 0.795. The summed E-state index contributed by atoms with van der Waals surface area (Å²) < 4.78 is 0. The monoisotopic (exact) mass is 236 g/mol. The van der Waals surface area contributed by atoms with Crippen molar-refractivity contribution in [2.45, 2.75) is 43.5 Å². The molecule has 2 heterocycles. The molecule has 0 amide bonds. The summed E-state index contributed by atoms with van der Waals surface area (Å²) >= 11 is 4.27. The summed E-state index contributed by atoms with van der Waals surface area (Å²) in [5.41, 5.74) is 1.24. The van der Waals surface area contributed by atoms with Gasteiger partial charge >= 0.3 is 0 Å². The normalized spacial score (nSPS) is 19.2. The molecule has 1 saturated heterocycles. The predicted octanol–water partition coefficient (Wildman–Crippen LogP) is 2.96. The largest absolute Gasteiger partial charge is 0.301 e. The number of piperidine rings is 1. The maximum Gasteiger partial charge on any atom is 0.0436 e. The third-order valence-corrected chi connectivity index (χ3v) is 3.71. The summed E-state index contributed by atoms with van der Waals surface area (Å²) in [7, 11) is 0. The van der Waals surface area contributed by atoms with E-state index in [0.717, 1.165) is 4.90 Å². The minimum absolute atomic E-state index is 0.643. The molecule has 2 nitrogen and oxygen atoms in total. The Balaban J connectivity index is 1.96. The lowest BCUT2D eigenvalue weighted by atomic mass is 9.92. The van der Waals surface area contributed by atoms with Crippen molar-refractivity contribution in [2.75, 3.05) is 13.1 Å². The second-order valence-electron chi connectivity index (χ2n) is 4.85. The van der Waals surface area contributed by atoms with Crippen LogP contribution in [0.25, 0.3) is 0 Å². The molecular formula is C13H20N2S. The first-order valence-corrected chi connectivity index (χ1v) is 6.50. The number of nitrogens with zero attached hydrogens (tertiary/aromatic N) is 2. The summed E-state index contributed by atoms with van der Waals surface area (Å²) in [5, 5.41) is 0. The molecule has 1 aromatic heterocycles. The van der Waals surface area contributed by atoms with Crippen LogP contribution in [0.4, 0.5) is 0 Å². The molecule has 0 N–H and O–H groups in total. The maximum atomic E-state index is 4.48. The first-order valence-electron chi connectivity index (χ1n) is 6.06. The van der Waals surface area contributed by atoms with Crippen LogP contribution in [-0.4, -0.2) is 29.0 Å². The van der Waals surface area contributed by atoms with Crippen molar-refractivity contribution in [3.63, 3.8) is 0 Å². The number of pyridine rings is 1. The van der Waals surface area contributed by atoms with Gasteiger partial charge in [-0.2, -0.15) is 0 Å². The fourth-order valence-corrected chi connectivity index (χ4v) is 2.48. The second-order valence-corrected chi connectivity index (χ2v) is 5.36. The summed E-state index contributed by atoms with van der Waals surface area (Å²) in [5.74, 6) is 0.643. The molecule has 0 radical (unpaired) electrons. The molecule has 1 aliphatic heterocycles. The van der Waals surface area contributed by atoms with Crippen molar-refractivity contribution >= 4 is 12.6 Å². The first-order chi connectivity index (χ1) is 7.66. The van der Waals surface area contributed by atoms with Crippen LogP contribution >= 0.6 is 12.6 Å². The Morgan fingerprint density at radius 3 is 2.50 bits per heavy atom. The summed E-state index contributed by atoms with van der Waals surface area (Å²) in [6, 6.07) is 4.84. The van der Waals surface area contributed by atoms with Crippen LogP contribution in [-0.2, 0) is 0 Å². The van der Waals surface area contributed by atoms with Gasteiger partial charge in [0.1, 0.15) is 0 Å². The summed E-state index contributed by atoms with van der Waals surface area (Å²) in [4.78, 5) is 7.97. The number of rotatable bonds is 2. The van der Waals surface area contributed by atoms with E-state index in [-0.39, 0.29) is 0 Å². The molecule has 0 aliphatic carbocycles. The Morgan fingerprint density at radius 2 is 2.00 bits per heavy atom. The minimum atomic E-state index is 0.643. The van der Waals surface area contributed by atoms with Gasteiger partial charge in [-0.3, -0.25) is 4.98 Å². The first kappa shape index (κ1) is 11.9. The van der Waals surface area contributed by atoms with E-state index in [2.05, 4.69) is 42.4 Å². The van der Waals surface area contributed by atoms with Gasteiger partial charge in [0, 0.05) is 28.7 Å². The van der Waals surface area contributed by atoms with Crippen LogP contribution in [0.1, 0.15) is 38.3 Å². The van der Waals surface area contributed by atoms with E-state index in [1.807, 2.05) is 12.3 Å². The van der Waals surface area contributed by atoms with Gasteiger partial charge in [-0.1, -0.05) is 0 Å². The molecule has 16 heavy (non-hydrogen) atoms. The standard InChI is InChI=1S/C13H20N2S/c1-10(2)15-7-5-11(6-8-15)13-4-3-12(16)9-14-13/h3-4,9-11,16H,5-8H2,1-2H3. The van der Waals surface area contributed by atoms with E-state index in [0.29, 0.717) is 12.0 Å². The third kappa shape index (κ3) is 2.77. The molecule has 0 atom stereocenters. The van der Waals surface area contributed by atoms with Crippen LogP contribution < -0.4 is 0 Å². The van der Waals surface area contributed by atoms with E-state index < -0.39 is 0 Å². The highest BCUT2D eigenvalue weighted by Crippen LogP contribution is 2.27. The van der Waals surface area contributed by atoms with Crippen molar-refractivity contribution in [3.8, 4) is 0 Å². The molecule has 0 aromatic carbocycles. The van der Waals surface area contributed by atoms with E-state index in [1.54, 1.807) is 0 Å². The van der Waals surface area contributed by atoms with Gasteiger partial charge in [-0.15, -0.1) is 12.6 Å². The van der Waals surface area contributed by atoms with Gasteiger partial charge in [-0.05, 0) is 51.9 Å². The summed E-state index contributed by atoms with van der Waals surface area (Å²) in [6.07, 6.45) is 4.32. The van der Waals surface area contributed by atoms with Crippen molar-refractivity contribution in [1.82, 2.24) is 9.88 Å². The number of hydrogen-bond donors (Lipinski definition) is 1. The van der Waals surface area contributed by atoms with Crippen LogP contribution in [0, 0.1) is 0 Å². The van der Waals surface area contributed by atoms with Crippen molar-refractivity contribution in [2.24, 2.45) is 0 Å². The number of aromatic nitrogens is 1. The second kappa shape index (κ2) is 5.19. The molecule has 2 rings (SSSR count). The number of thiol groups is 1. The third-order valence-electron chi connectivity index (χ3n) is 3.45.